The summed E-state index contributed by atoms with van der Waals surface area (Å²) in [5.41, 5.74) is 0. The van der Waals surface area contributed by atoms with Gasteiger partial charge >= 0.3 is 5.97 Å². The van der Waals surface area contributed by atoms with Gasteiger partial charge in [0.25, 0.3) is 11.8 Å². The highest BCUT2D eigenvalue weighted by Crippen LogP contribution is 2.13. The number of hydrogen-bond acceptors (Lipinski definition) is 7. The molecule has 1 aliphatic rings. The van der Waals surface area contributed by atoms with Gasteiger partial charge in [-0.15, -0.1) is 5.06 Å². The first kappa shape index (κ1) is 18.5. The van der Waals surface area contributed by atoms with Crippen molar-refractivity contribution in [2.75, 3.05) is 13.1 Å². The van der Waals surface area contributed by atoms with Crippen molar-refractivity contribution in [1.82, 2.24) is 9.96 Å². The van der Waals surface area contributed by atoms with Crippen LogP contribution < -0.4 is 0 Å². The Labute approximate surface area is 132 Å². The number of nitrogens with zero attached hydrogens (tertiary/aromatic N) is 2. The molecule has 0 atom stereocenters. The summed E-state index contributed by atoms with van der Waals surface area (Å²) in [5.74, 6) is -3.28. The van der Waals surface area contributed by atoms with E-state index >= 15 is 0 Å². The molecule has 1 fully saturated rings. The van der Waals surface area contributed by atoms with Crippen LogP contribution >= 0.6 is 0 Å². The highest BCUT2D eigenvalue weighted by Gasteiger charge is 2.33. The fourth-order valence-electron chi connectivity index (χ4n) is 1.94. The van der Waals surface area contributed by atoms with Gasteiger partial charge in [0.1, 0.15) is 11.6 Å². The van der Waals surface area contributed by atoms with E-state index in [4.69, 9.17) is 0 Å². The van der Waals surface area contributed by atoms with E-state index in [1.54, 1.807) is 0 Å². The predicted octanol–water partition coefficient (Wildman–Crippen LogP) is -0.620. The van der Waals surface area contributed by atoms with Gasteiger partial charge in [-0.2, -0.15) is 0 Å². The number of carbonyl (C=O) groups is 6. The van der Waals surface area contributed by atoms with Crippen molar-refractivity contribution in [3.8, 4) is 0 Å². The molecule has 0 spiro atoms. The Bertz CT molecular complexity index is 523. The minimum Gasteiger partial charge on any atom is -0.330 e. The highest BCUT2D eigenvalue weighted by molar-refractivity contribution is 6.01. The fourth-order valence-corrected chi connectivity index (χ4v) is 1.94. The van der Waals surface area contributed by atoms with E-state index in [1.165, 1.54) is 13.8 Å². The molecule has 23 heavy (non-hydrogen) atoms. The standard InChI is InChI=1S/C14H18N2O7/c1-9(17)7-15(8-10(2)18)11(19)5-6-14(22)23-16-12(20)3-4-13(16)21/h3-8H2,1-2H3. The molecule has 0 bridgehead atoms. The lowest BCUT2D eigenvalue weighted by Crippen LogP contribution is -2.38. The zero-order valence-electron chi connectivity index (χ0n) is 13.0. The van der Waals surface area contributed by atoms with Gasteiger partial charge in [0.05, 0.1) is 19.5 Å². The summed E-state index contributed by atoms with van der Waals surface area (Å²) in [6, 6.07) is 0. The lowest BCUT2D eigenvalue weighted by Gasteiger charge is -2.20. The maximum absolute atomic E-state index is 12.0. The molecule has 1 heterocycles. The first-order valence-corrected chi connectivity index (χ1v) is 7.04. The maximum atomic E-state index is 12.0. The molecular weight excluding hydrogens is 308 g/mol. The monoisotopic (exact) mass is 326 g/mol. The second-order valence-electron chi connectivity index (χ2n) is 5.20. The Morgan fingerprint density at radius 1 is 0.957 bits per heavy atom. The number of rotatable bonds is 8. The second kappa shape index (κ2) is 8.16. The minimum absolute atomic E-state index is 0.0178. The maximum Gasteiger partial charge on any atom is 0.333 e. The summed E-state index contributed by atoms with van der Waals surface area (Å²) < 4.78 is 0. The van der Waals surface area contributed by atoms with E-state index in [2.05, 4.69) is 4.84 Å². The van der Waals surface area contributed by atoms with Gasteiger partial charge in [-0.05, 0) is 13.8 Å². The fraction of sp³-hybridized carbons (Fsp3) is 0.571. The first-order valence-electron chi connectivity index (χ1n) is 7.04. The number of ketones is 2. The van der Waals surface area contributed by atoms with E-state index < -0.39 is 23.7 Å². The number of hydrogen-bond donors (Lipinski definition) is 0. The van der Waals surface area contributed by atoms with Crippen LogP contribution in [0.3, 0.4) is 0 Å². The van der Waals surface area contributed by atoms with Crippen LogP contribution in [0.1, 0.15) is 39.5 Å². The van der Waals surface area contributed by atoms with E-state index in [0.29, 0.717) is 5.06 Å². The van der Waals surface area contributed by atoms with Crippen molar-refractivity contribution in [3.05, 3.63) is 0 Å². The molecule has 1 saturated heterocycles. The van der Waals surface area contributed by atoms with E-state index in [-0.39, 0.29) is 50.3 Å². The minimum atomic E-state index is -0.910. The number of hydroxylamine groups is 2. The third-order valence-electron chi connectivity index (χ3n) is 2.92. The molecule has 9 heteroatoms. The summed E-state index contributed by atoms with van der Waals surface area (Å²) >= 11 is 0. The summed E-state index contributed by atoms with van der Waals surface area (Å²) in [5, 5.41) is 0.399. The summed E-state index contributed by atoms with van der Waals surface area (Å²) in [6.45, 7) is 2.10. The second-order valence-corrected chi connectivity index (χ2v) is 5.20. The molecule has 3 amide bonds. The Morgan fingerprint density at radius 2 is 1.43 bits per heavy atom. The number of amides is 3. The summed E-state index contributed by atoms with van der Waals surface area (Å²) in [6.07, 6.45) is -0.704. The molecule has 126 valence electrons. The van der Waals surface area contributed by atoms with Crippen molar-refractivity contribution in [1.29, 1.82) is 0 Å². The molecule has 0 aliphatic carbocycles. The molecule has 0 aromatic rings. The zero-order chi connectivity index (χ0) is 17.6. The van der Waals surface area contributed by atoms with Gasteiger partial charge in [-0.1, -0.05) is 0 Å². The molecule has 0 aromatic heterocycles. The van der Waals surface area contributed by atoms with Gasteiger partial charge in [-0.25, -0.2) is 4.79 Å². The number of Topliss-reactive ketones (excluding diaryl/α,β-unsaturated/α-hetero) is 2. The molecule has 0 aromatic carbocycles. The predicted molar refractivity (Wildman–Crippen MR) is 74.4 cm³/mol. The van der Waals surface area contributed by atoms with Gasteiger partial charge in [0, 0.05) is 19.3 Å². The number of carbonyl (C=O) groups excluding carboxylic acids is 6. The van der Waals surface area contributed by atoms with Crippen molar-refractivity contribution in [2.45, 2.75) is 39.5 Å². The largest absolute Gasteiger partial charge is 0.333 e. The van der Waals surface area contributed by atoms with Crippen molar-refractivity contribution in [3.63, 3.8) is 0 Å². The normalized spacial score (nSPS) is 13.9. The lowest BCUT2D eigenvalue weighted by molar-refractivity contribution is -0.197. The Balaban J connectivity index is 2.50. The molecule has 0 radical (unpaired) electrons. The van der Waals surface area contributed by atoms with Gasteiger partial charge in [0.15, 0.2) is 0 Å². The van der Waals surface area contributed by atoms with Gasteiger partial charge in [-0.3, -0.25) is 24.0 Å². The van der Waals surface area contributed by atoms with E-state index in [0.717, 1.165) is 4.90 Å². The van der Waals surface area contributed by atoms with Crippen LogP contribution in [0.15, 0.2) is 0 Å². The van der Waals surface area contributed by atoms with Crippen LogP contribution in [0.5, 0.6) is 0 Å². The molecule has 0 unspecified atom stereocenters. The molecular formula is C14H18N2O7. The topological polar surface area (TPSA) is 118 Å². The van der Waals surface area contributed by atoms with Crippen molar-refractivity contribution in [2.24, 2.45) is 0 Å². The quantitative estimate of drug-likeness (QED) is 0.545. The molecule has 1 aliphatic heterocycles. The highest BCUT2D eigenvalue weighted by atomic mass is 16.7. The van der Waals surface area contributed by atoms with Crippen LogP contribution in [0.4, 0.5) is 0 Å². The number of imide groups is 1. The van der Waals surface area contributed by atoms with Crippen molar-refractivity contribution >= 4 is 35.3 Å². The van der Waals surface area contributed by atoms with Crippen LogP contribution in [-0.2, 0) is 33.6 Å². The van der Waals surface area contributed by atoms with E-state index in [1.807, 2.05) is 0 Å². The third-order valence-corrected chi connectivity index (χ3v) is 2.92. The first-order chi connectivity index (χ1) is 10.7. The lowest BCUT2D eigenvalue weighted by atomic mass is 10.2. The molecule has 9 nitrogen and oxygen atoms in total. The molecule has 1 rings (SSSR count). The van der Waals surface area contributed by atoms with Gasteiger partial charge in [0.2, 0.25) is 5.91 Å². The average Bonchev–Trinajstić information content (AvgIpc) is 2.75. The molecule has 0 N–H and O–H groups in total. The smallest absolute Gasteiger partial charge is 0.330 e. The summed E-state index contributed by atoms with van der Waals surface area (Å²) in [7, 11) is 0. The SMILES string of the molecule is CC(=O)CN(CC(C)=O)C(=O)CCC(=O)ON1C(=O)CCC1=O. The Morgan fingerprint density at radius 3 is 1.87 bits per heavy atom. The van der Waals surface area contributed by atoms with Crippen LogP contribution in [0, 0.1) is 0 Å². The summed E-state index contributed by atoms with van der Waals surface area (Å²) in [4.78, 5) is 74.0. The Kier molecular flexibility index (Phi) is 6.55. The van der Waals surface area contributed by atoms with Crippen LogP contribution in [0.2, 0.25) is 0 Å². The van der Waals surface area contributed by atoms with Crippen LogP contribution in [-0.4, -0.2) is 58.3 Å². The zero-order valence-corrected chi connectivity index (χ0v) is 13.0. The van der Waals surface area contributed by atoms with Gasteiger partial charge < -0.3 is 9.74 Å². The Hall–Kier alpha value is -2.58. The third kappa shape index (κ3) is 5.97. The molecule has 0 saturated carbocycles. The van der Waals surface area contributed by atoms with Crippen molar-refractivity contribution < 1.29 is 33.6 Å². The average molecular weight is 326 g/mol. The van der Waals surface area contributed by atoms with E-state index in [9.17, 15) is 28.8 Å². The van der Waals surface area contributed by atoms with Crippen LogP contribution in [0.25, 0.3) is 0 Å².